The van der Waals surface area contributed by atoms with E-state index in [4.69, 9.17) is 4.74 Å². The number of Topliss-reactive ketones (excluding diaryl/α,β-unsaturated/α-hetero) is 1. The van der Waals surface area contributed by atoms with Gasteiger partial charge in [-0.15, -0.1) is 0 Å². The lowest BCUT2D eigenvalue weighted by atomic mass is 10.1. The van der Waals surface area contributed by atoms with Crippen molar-refractivity contribution in [2.75, 3.05) is 7.11 Å². The first-order valence-electron chi connectivity index (χ1n) is 8.16. The first-order valence-corrected chi connectivity index (χ1v) is 8.16. The van der Waals surface area contributed by atoms with Gasteiger partial charge < -0.3 is 9.84 Å². The molecule has 0 bridgehead atoms. The molecule has 1 aromatic carbocycles. The molecule has 0 aromatic heterocycles. The molecule has 0 aliphatic rings. The molecule has 0 aliphatic carbocycles. The van der Waals surface area contributed by atoms with Gasteiger partial charge in [-0.1, -0.05) is 44.7 Å². The van der Waals surface area contributed by atoms with Crippen molar-refractivity contribution in [1.82, 2.24) is 0 Å². The molecule has 0 saturated heterocycles. The number of hydrogen-bond donors (Lipinski definition) is 1. The number of ketones is 2. The van der Waals surface area contributed by atoms with E-state index in [1.54, 1.807) is 18.2 Å². The van der Waals surface area contributed by atoms with E-state index in [0.29, 0.717) is 12.2 Å². The predicted octanol–water partition coefficient (Wildman–Crippen LogP) is 4.30. The average molecular weight is 318 g/mol. The molecule has 0 radical (unpaired) electrons. The first kappa shape index (κ1) is 18.9. The van der Waals surface area contributed by atoms with Crippen LogP contribution < -0.4 is 4.74 Å². The van der Waals surface area contributed by atoms with Crippen LogP contribution in [-0.4, -0.2) is 23.8 Å². The predicted molar refractivity (Wildman–Crippen MR) is 91.7 cm³/mol. The van der Waals surface area contributed by atoms with E-state index >= 15 is 0 Å². The third-order valence-electron chi connectivity index (χ3n) is 3.60. The minimum atomic E-state index is -0.199. The van der Waals surface area contributed by atoms with Gasteiger partial charge in [0.2, 0.25) is 0 Å². The summed E-state index contributed by atoms with van der Waals surface area (Å²) in [5.74, 6) is 0.201. The Balaban J connectivity index is 2.39. The van der Waals surface area contributed by atoms with Gasteiger partial charge in [0, 0.05) is 6.42 Å². The second-order valence-corrected chi connectivity index (χ2v) is 5.61. The lowest BCUT2D eigenvalue weighted by Gasteiger charge is -2.03. The molecule has 0 heterocycles. The molecule has 1 aromatic rings. The fraction of sp³-hybridized carbons (Fsp3) is 0.474. The summed E-state index contributed by atoms with van der Waals surface area (Å²) in [5.41, 5.74) is 0.736. The highest BCUT2D eigenvalue weighted by Crippen LogP contribution is 2.26. The number of unbranched alkanes of at least 4 members (excludes halogenated alkanes) is 4. The van der Waals surface area contributed by atoms with Crippen LogP contribution in [0.1, 0.15) is 57.4 Å². The molecule has 0 atom stereocenters. The summed E-state index contributed by atoms with van der Waals surface area (Å²) in [6, 6.07) is 4.82. The number of aromatic hydroxyl groups is 1. The van der Waals surface area contributed by atoms with Gasteiger partial charge in [0.1, 0.15) is 5.78 Å². The van der Waals surface area contributed by atoms with Gasteiger partial charge in [-0.2, -0.15) is 0 Å². The van der Waals surface area contributed by atoms with Crippen molar-refractivity contribution in [2.45, 2.75) is 51.9 Å². The van der Waals surface area contributed by atoms with Crippen molar-refractivity contribution in [3.05, 3.63) is 29.8 Å². The molecule has 1 N–H and O–H groups in total. The largest absolute Gasteiger partial charge is 0.504 e. The number of allylic oxidation sites excluding steroid dienone is 1. The normalized spacial score (nSPS) is 10.9. The van der Waals surface area contributed by atoms with Gasteiger partial charge in [0.05, 0.1) is 13.5 Å². The fourth-order valence-electron chi connectivity index (χ4n) is 2.25. The van der Waals surface area contributed by atoms with E-state index in [-0.39, 0.29) is 23.7 Å². The molecule has 126 valence electrons. The minimum Gasteiger partial charge on any atom is -0.504 e. The molecule has 0 saturated carbocycles. The Hall–Kier alpha value is -2.10. The molecule has 23 heavy (non-hydrogen) atoms. The SMILES string of the molecule is CCCCCCCC(=O)CC(=O)C=Cc1ccc(O)c(OC)c1. The number of phenolic OH excluding ortho intramolecular Hbond substituents is 1. The van der Waals surface area contributed by atoms with E-state index in [0.717, 1.165) is 24.8 Å². The number of benzene rings is 1. The van der Waals surface area contributed by atoms with Crippen LogP contribution in [0, 0.1) is 0 Å². The van der Waals surface area contributed by atoms with Crippen molar-refractivity contribution in [1.29, 1.82) is 0 Å². The van der Waals surface area contributed by atoms with Gasteiger partial charge in [0.15, 0.2) is 17.3 Å². The van der Waals surface area contributed by atoms with Gasteiger partial charge in [-0.3, -0.25) is 9.59 Å². The van der Waals surface area contributed by atoms with E-state index in [9.17, 15) is 14.7 Å². The van der Waals surface area contributed by atoms with Crippen LogP contribution in [0.2, 0.25) is 0 Å². The highest BCUT2D eigenvalue weighted by molar-refractivity contribution is 6.06. The third kappa shape index (κ3) is 7.63. The number of rotatable bonds is 11. The molecule has 0 amide bonds. The summed E-state index contributed by atoms with van der Waals surface area (Å²) in [4.78, 5) is 23.5. The van der Waals surface area contributed by atoms with Crippen molar-refractivity contribution >= 4 is 17.6 Å². The summed E-state index contributed by atoms with van der Waals surface area (Å²) in [7, 11) is 1.47. The van der Waals surface area contributed by atoms with Crippen molar-refractivity contribution < 1.29 is 19.4 Å². The number of methoxy groups -OCH3 is 1. The maximum absolute atomic E-state index is 11.8. The van der Waals surface area contributed by atoms with E-state index in [1.807, 2.05) is 0 Å². The monoisotopic (exact) mass is 318 g/mol. The molecular weight excluding hydrogens is 292 g/mol. The highest BCUT2D eigenvalue weighted by Gasteiger charge is 2.07. The highest BCUT2D eigenvalue weighted by atomic mass is 16.5. The zero-order chi connectivity index (χ0) is 17.1. The van der Waals surface area contributed by atoms with Crippen LogP contribution in [0.15, 0.2) is 24.3 Å². The number of ether oxygens (including phenoxy) is 1. The van der Waals surface area contributed by atoms with Crippen molar-refractivity contribution in [3.63, 3.8) is 0 Å². The summed E-state index contributed by atoms with van der Waals surface area (Å²) >= 11 is 0. The standard InChI is InChI=1S/C19H26O4/c1-3-4-5-6-7-8-16(20)14-17(21)11-9-15-10-12-18(22)19(13-15)23-2/h9-13,22H,3-8,14H2,1-2H3. The molecule has 0 fully saturated rings. The molecule has 0 unspecified atom stereocenters. The van der Waals surface area contributed by atoms with Gasteiger partial charge >= 0.3 is 0 Å². The van der Waals surface area contributed by atoms with Crippen LogP contribution >= 0.6 is 0 Å². The van der Waals surface area contributed by atoms with Crippen LogP contribution in [0.3, 0.4) is 0 Å². The van der Waals surface area contributed by atoms with Gasteiger partial charge in [0.25, 0.3) is 0 Å². The average Bonchev–Trinajstić information content (AvgIpc) is 2.54. The Bertz CT molecular complexity index is 546. The van der Waals surface area contributed by atoms with E-state index in [1.165, 1.54) is 32.1 Å². The Morgan fingerprint density at radius 2 is 1.91 bits per heavy atom. The molecule has 4 heteroatoms. The number of carbonyl (C=O) groups excluding carboxylic acids is 2. The minimum absolute atomic E-state index is 0.000523. The Kier molecular flexibility index (Phi) is 8.73. The summed E-state index contributed by atoms with van der Waals surface area (Å²) in [6.07, 6.45) is 8.92. The van der Waals surface area contributed by atoms with Crippen LogP contribution in [0.25, 0.3) is 6.08 Å². The molecule has 1 rings (SSSR count). The fourth-order valence-corrected chi connectivity index (χ4v) is 2.25. The van der Waals surface area contributed by atoms with Crippen LogP contribution in [0.5, 0.6) is 11.5 Å². The second-order valence-electron chi connectivity index (χ2n) is 5.61. The first-order chi connectivity index (χ1) is 11.1. The Morgan fingerprint density at radius 1 is 1.17 bits per heavy atom. The lowest BCUT2D eigenvalue weighted by Crippen LogP contribution is -2.05. The zero-order valence-electron chi connectivity index (χ0n) is 14.0. The van der Waals surface area contributed by atoms with Gasteiger partial charge in [-0.05, 0) is 30.2 Å². The summed E-state index contributed by atoms with van der Waals surface area (Å²) in [5, 5.41) is 9.51. The maximum atomic E-state index is 11.8. The summed E-state index contributed by atoms with van der Waals surface area (Å²) < 4.78 is 5.01. The van der Waals surface area contributed by atoms with E-state index < -0.39 is 0 Å². The van der Waals surface area contributed by atoms with Crippen molar-refractivity contribution in [3.8, 4) is 11.5 Å². The van der Waals surface area contributed by atoms with Crippen molar-refractivity contribution in [2.24, 2.45) is 0 Å². The summed E-state index contributed by atoms with van der Waals surface area (Å²) in [6.45, 7) is 2.15. The van der Waals surface area contributed by atoms with Crippen LogP contribution in [-0.2, 0) is 9.59 Å². The molecule has 0 aliphatic heterocycles. The van der Waals surface area contributed by atoms with Crippen LogP contribution in [0.4, 0.5) is 0 Å². The quantitative estimate of drug-likeness (QED) is 0.375. The number of hydrogen-bond acceptors (Lipinski definition) is 4. The molecule has 4 nitrogen and oxygen atoms in total. The topological polar surface area (TPSA) is 63.6 Å². The Morgan fingerprint density at radius 3 is 2.61 bits per heavy atom. The number of phenols is 1. The molecule has 0 spiro atoms. The van der Waals surface area contributed by atoms with Gasteiger partial charge in [-0.25, -0.2) is 0 Å². The second kappa shape index (κ2) is 10.6. The zero-order valence-corrected chi connectivity index (χ0v) is 14.0. The number of carbonyl (C=O) groups is 2. The Labute approximate surface area is 138 Å². The smallest absolute Gasteiger partial charge is 0.163 e. The third-order valence-corrected chi connectivity index (χ3v) is 3.60. The molecular formula is C19H26O4. The van der Waals surface area contributed by atoms with E-state index in [2.05, 4.69) is 6.92 Å². The lowest BCUT2D eigenvalue weighted by molar-refractivity contribution is -0.124. The maximum Gasteiger partial charge on any atom is 0.163 e.